The molecule has 1 aliphatic rings. The summed E-state index contributed by atoms with van der Waals surface area (Å²) in [7, 11) is 1.29. The van der Waals surface area contributed by atoms with Crippen molar-refractivity contribution < 1.29 is 24.1 Å². The van der Waals surface area contributed by atoms with Gasteiger partial charge in [-0.15, -0.1) is 0 Å². The summed E-state index contributed by atoms with van der Waals surface area (Å²) in [5.74, 6) is 0.233. The number of hydrogen-bond acceptors (Lipinski definition) is 7. The van der Waals surface area contributed by atoms with Crippen LogP contribution in [0.5, 0.6) is 5.75 Å². The lowest BCUT2D eigenvalue weighted by Gasteiger charge is -2.30. The van der Waals surface area contributed by atoms with E-state index in [1.54, 1.807) is 42.5 Å². The minimum atomic E-state index is -1.55. The zero-order valence-corrected chi connectivity index (χ0v) is 22.6. The predicted molar refractivity (Wildman–Crippen MR) is 148 cm³/mol. The number of ether oxygens (including phenoxy) is 3. The van der Waals surface area contributed by atoms with Crippen LogP contribution < -0.4 is 4.74 Å². The van der Waals surface area contributed by atoms with Crippen molar-refractivity contribution in [3.8, 4) is 5.75 Å². The highest BCUT2D eigenvalue weighted by atomic mass is 35.5. The molecule has 0 spiro atoms. The molecule has 1 N–H and O–H groups in total. The van der Waals surface area contributed by atoms with E-state index in [9.17, 15) is 4.79 Å². The molecule has 0 saturated heterocycles. The van der Waals surface area contributed by atoms with E-state index in [4.69, 9.17) is 53.0 Å². The molecule has 0 aromatic heterocycles. The highest BCUT2D eigenvalue weighted by Crippen LogP contribution is 2.45. The molecule has 0 unspecified atom stereocenters. The Morgan fingerprint density at radius 3 is 2.56 bits per heavy atom. The zero-order valence-electron chi connectivity index (χ0n) is 21.1. The van der Waals surface area contributed by atoms with E-state index in [1.807, 2.05) is 24.3 Å². The van der Waals surface area contributed by atoms with Crippen molar-refractivity contribution in [1.29, 1.82) is 0 Å². The third-order valence-corrected chi connectivity index (χ3v) is 6.87. The smallest absolute Gasteiger partial charge is 0.338 e. The van der Waals surface area contributed by atoms with Crippen LogP contribution in [0.15, 0.2) is 76.8 Å². The number of azide groups is 1. The summed E-state index contributed by atoms with van der Waals surface area (Å²) in [6, 6.07) is 19.4. The quantitative estimate of drug-likeness (QED) is 0.0962. The number of benzene rings is 3. The van der Waals surface area contributed by atoms with Gasteiger partial charge in [0, 0.05) is 45.5 Å². The highest BCUT2D eigenvalue weighted by molar-refractivity contribution is 6.35. The van der Waals surface area contributed by atoms with E-state index < -0.39 is 17.6 Å². The largest absolute Gasteiger partial charge is 0.494 e. The minimum Gasteiger partial charge on any atom is -0.494 e. The van der Waals surface area contributed by atoms with Gasteiger partial charge in [-0.2, -0.15) is 0 Å². The SMILES string of the molecule is COC(=O)[C@]1(Cc2ccccc2CN=[N+]=[N-])N=C(c2ccc(OCCCO)cc2)O[C@@H]1c1ccc(Cl)cc1Cl. The molecular formula is C28H26Cl2N4O5. The number of aliphatic hydroxyl groups is 1. The van der Waals surface area contributed by atoms with E-state index in [0.717, 1.165) is 11.1 Å². The van der Waals surface area contributed by atoms with Gasteiger partial charge in [-0.1, -0.05) is 58.6 Å². The van der Waals surface area contributed by atoms with Crippen LogP contribution in [-0.2, 0) is 27.2 Å². The maximum atomic E-state index is 13.6. The molecule has 3 aromatic rings. The summed E-state index contributed by atoms with van der Waals surface area (Å²) in [6.07, 6.45) is -0.339. The molecule has 202 valence electrons. The van der Waals surface area contributed by atoms with Crippen LogP contribution in [-0.4, -0.2) is 42.8 Å². The summed E-state index contributed by atoms with van der Waals surface area (Å²) < 4.78 is 17.3. The molecule has 0 saturated carbocycles. The number of carbonyl (C=O) groups is 1. The van der Waals surface area contributed by atoms with E-state index in [2.05, 4.69) is 10.0 Å². The van der Waals surface area contributed by atoms with Crippen molar-refractivity contribution in [3.63, 3.8) is 0 Å². The molecule has 4 rings (SSSR count). The van der Waals surface area contributed by atoms with Gasteiger partial charge < -0.3 is 19.3 Å². The van der Waals surface area contributed by atoms with Gasteiger partial charge in [0.1, 0.15) is 5.75 Å². The van der Waals surface area contributed by atoms with Gasteiger partial charge in [-0.3, -0.25) is 0 Å². The van der Waals surface area contributed by atoms with Crippen molar-refractivity contribution in [2.75, 3.05) is 20.3 Å². The first kappa shape index (κ1) is 28.3. The summed E-state index contributed by atoms with van der Waals surface area (Å²) in [4.78, 5) is 21.3. The van der Waals surface area contributed by atoms with Gasteiger partial charge >= 0.3 is 5.97 Å². The Balaban J connectivity index is 1.81. The van der Waals surface area contributed by atoms with Gasteiger partial charge in [0.2, 0.25) is 11.4 Å². The first-order valence-electron chi connectivity index (χ1n) is 12.1. The molecular weight excluding hydrogens is 543 g/mol. The molecule has 1 aliphatic heterocycles. The van der Waals surface area contributed by atoms with E-state index in [-0.39, 0.29) is 25.5 Å². The lowest BCUT2D eigenvalue weighted by atomic mass is 9.81. The number of aliphatic imine (C=N–C) groups is 1. The molecule has 39 heavy (non-hydrogen) atoms. The summed E-state index contributed by atoms with van der Waals surface area (Å²) in [6.45, 7) is 0.523. The van der Waals surface area contributed by atoms with Crippen LogP contribution in [0.2, 0.25) is 10.0 Å². The zero-order chi connectivity index (χ0) is 27.8. The van der Waals surface area contributed by atoms with Crippen molar-refractivity contribution in [1.82, 2.24) is 0 Å². The molecule has 0 fully saturated rings. The minimum absolute atomic E-state index is 0.0407. The maximum absolute atomic E-state index is 13.6. The molecule has 0 radical (unpaired) electrons. The average Bonchev–Trinajstić information content (AvgIpc) is 3.32. The number of esters is 1. The van der Waals surface area contributed by atoms with Gasteiger partial charge in [-0.05, 0) is 53.1 Å². The monoisotopic (exact) mass is 568 g/mol. The third kappa shape index (κ3) is 6.29. The molecule has 0 aliphatic carbocycles. The van der Waals surface area contributed by atoms with Crippen molar-refractivity contribution in [2.24, 2.45) is 10.1 Å². The predicted octanol–water partition coefficient (Wildman–Crippen LogP) is 6.24. The van der Waals surface area contributed by atoms with Crippen LogP contribution in [0, 0.1) is 0 Å². The summed E-state index contributed by atoms with van der Waals surface area (Å²) in [5, 5.41) is 13.4. The standard InChI is InChI=1S/C28H26Cl2N4O5/c1-37-27(36)28(16-19-5-2-3-6-20(19)17-32-34-31)25(23-12-9-21(29)15-24(23)30)39-26(33-28)18-7-10-22(11-8-18)38-14-4-13-35/h2-3,5-12,15,25,35H,4,13-14,16-17H2,1H3/t25-,28-/m1/s1. The Labute approximate surface area is 235 Å². The number of halogens is 2. The average molecular weight is 569 g/mol. The normalized spacial score (nSPS) is 18.1. The first-order chi connectivity index (χ1) is 18.9. The first-order valence-corrected chi connectivity index (χ1v) is 12.9. The molecule has 0 amide bonds. The summed E-state index contributed by atoms with van der Waals surface area (Å²) >= 11 is 12.8. The third-order valence-electron chi connectivity index (χ3n) is 6.30. The molecule has 1 heterocycles. The molecule has 9 nitrogen and oxygen atoms in total. The highest BCUT2D eigenvalue weighted by Gasteiger charge is 2.55. The Morgan fingerprint density at radius 2 is 1.90 bits per heavy atom. The Morgan fingerprint density at radius 1 is 1.15 bits per heavy atom. The van der Waals surface area contributed by atoms with Crippen LogP contribution in [0.4, 0.5) is 0 Å². The van der Waals surface area contributed by atoms with Gasteiger partial charge in [0.15, 0.2) is 6.10 Å². The van der Waals surface area contributed by atoms with Gasteiger partial charge in [0.25, 0.3) is 0 Å². The molecule has 2 atom stereocenters. The number of methoxy groups -OCH3 is 1. The Hall–Kier alpha value is -3.75. The fraction of sp³-hybridized carbons (Fsp3) is 0.286. The summed E-state index contributed by atoms with van der Waals surface area (Å²) in [5.41, 5.74) is 9.93. The number of rotatable bonds is 11. The topological polar surface area (TPSA) is 126 Å². The number of aliphatic hydroxyl groups excluding tert-OH is 1. The van der Waals surface area contributed by atoms with E-state index in [0.29, 0.717) is 39.9 Å². The van der Waals surface area contributed by atoms with Crippen LogP contribution in [0.1, 0.15) is 34.8 Å². The van der Waals surface area contributed by atoms with Crippen LogP contribution in [0.25, 0.3) is 10.4 Å². The number of nitrogens with zero attached hydrogens (tertiary/aromatic N) is 4. The van der Waals surface area contributed by atoms with Crippen LogP contribution >= 0.6 is 23.2 Å². The van der Waals surface area contributed by atoms with Crippen LogP contribution in [0.3, 0.4) is 0 Å². The Kier molecular flexibility index (Phi) is 9.32. The van der Waals surface area contributed by atoms with Crippen molar-refractivity contribution in [2.45, 2.75) is 31.0 Å². The lowest BCUT2D eigenvalue weighted by Crippen LogP contribution is -2.44. The molecule has 3 aromatic carbocycles. The second-order valence-corrected chi connectivity index (χ2v) is 9.62. The van der Waals surface area contributed by atoms with E-state index in [1.165, 1.54) is 7.11 Å². The molecule has 0 bridgehead atoms. The van der Waals surface area contributed by atoms with Gasteiger partial charge in [0.05, 0.1) is 20.3 Å². The Bertz CT molecular complexity index is 1410. The second-order valence-electron chi connectivity index (χ2n) is 8.78. The maximum Gasteiger partial charge on any atom is 0.338 e. The second kappa shape index (κ2) is 12.9. The molecule has 11 heteroatoms. The lowest BCUT2D eigenvalue weighted by molar-refractivity contribution is -0.149. The fourth-order valence-electron chi connectivity index (χ4n) is 4.41. The van der Waals surface area contributed by atoms with Gasteiger partial charge in [-0.25, -0.2) is 9.79 Å². The van der Waals surface area contributed by atoms with E-state index >= 15 is 0 Å². The van der Waals surface area contributed by atoms with Crippen molar-refractivity contribution >= 4 is 35.1 Å². The number of hydrogen-bond donors (Lipinski definition) is 1. The fourth-order valence-corrected chi connectivity index (χ4v) is 4.91. The number of carbonyl (C=O) groups excluding carboxylic acids is 1. The van der Waals surface area contributed by atoms with Crippen molar-refractivity contribution in [3.05, 3.63) is 109 Å².